The van der Waals surface area contributed by atoms with Crippen molar-refractivity contribution in [1.82, 2.24) is 15.6 Å². The van der Waals surface area contributed by atoms with Crippen molar-refractivity contribution in [3.05, 3.63) is 56.5 Å². The Kier molecular flexibility index (Phi) is 7.46. The van der Waals surface area contributed by atoms with Crippen molar-refractivity contribution >= 4 is 33.7 Å². The van der Waals surface area contributed by atoms with Gasteiger partial charge in [-0.15, -0.1) is 22.7 Å². The first-order valence-electron chi connectivity index (χ1n) is 12.6. The number of urea groups is 1. The molecule has 1 unspecified atom stereocenters. The van der Waals surface area contributed by atoms with Gasteiger partial charge in [0.05, 0.1) is 5.60 Å². The second kappa shape index (κ2) is 10.6. The summed E-state index contributed by atoms with van der Waals surface area (Å²) in [6.07, 6.45) is 7.58. The zero-order chi connectivity index (χ0) is 25.3. The van der Waals surface area contributed by atoms with Gasteiger partial charge in [0.15, 0.2) is 6.29 Å². The van der Waals surface area contributed by atoms with Crippen molar-refractivity contribution in [2.75, 3.05) is 11.9 Å². The first-order valence-corrected chi connectivity index (χ1v) is 14.2. The molecule has 0 aromatic carbocycles. The van der Waals surface area contributed by atoms with Crippen molar-refractivity contribution in [1.29, 1.82) is 0 Å². The molecule has 192 valence electrons. The van der Waals surface area contributed by atoms with Gasteiger partial charge in [0, 0.05) is 45.7 Å². The number of aryl methyl sites for hydroxylation is 1. The molecular weight excluding hydrogens is 492 g/mol. The topological polar surface area (TPSA) is 95.5 Å². The van der Waals surface area contributed by atoms with Gasteiger partial charge < -0.3 is 20.5 Å². The van der Waals surface area contributed by atoms with Gasteiger partial charge in [-0.05, 0) is 93.8 Å². The Morgan fingerprint density at radius 1 is 1.14 bits per heavy atom. The second-order valence-corrected chi connectivity index (χ2v) is 12.5. The standard InChI is InChI=1S/C27H34N4O3S2/c1-27(2,3)34-25(32)22-18-6-4-5-7-20(18)36-24(22)31-26(33)30-14-19-17-10-13-29-15-21(17)35-23(19)16-8-11-28-12-9-16/h8-9,11-12,25,29,32H,4-7,10,13-15H2,1-3H3,(H2,30,31,33). The van der Waals surface area contributed by atoms with Crippen LogP contribution in [0.5, 0.6) is 0 Å². The molecule has 4 heterocycles. The first kappa shape index (κ1) is 25.4. The maximum atomic E-state index is 13.1. The van der Waals surface area contributed by atoms with Crippen LogP contribution in [0, 0.1) is 0 Å². The highest BCUT2D eigenvalue weighted by molar-refractivity contribution is 7.16. The summed E-state index contributed by atoms with van der Waals surface area (Å²) in [4.78, 5) is 21.1. The number of nitrogens with zero attached hydrogens (tertiary/aromatic N) is 1. The fourth-order valence-electron chi connectivity index (χ4n) is 4.98. The van der Waals surface area contributed by atoms with Crippen LogP contribution >= 0.6 is 22.7 Å². The van der Waals surface area contributed by atoms with E-state index in [0.29, 0.717) is 11.5 Å². The number of aliphatic hydroxyl groups is 1. The minimum atomic E-state index is -1.08. The average Bonchev–Trinajstić information content (AvgIpc) is 3.40. The summed E-state index contributed by atoms with van der Waals surface area (Å²) in [5.41, 5.74) is 5.00. The Morgan fingerprint density at radius 3 is 2.69 bits per heavy atom. The molecule has 5 rings (SSSR count). The summed E-state index contributed by atoms with van der Waals surface area (Å²) in [7, 11) is 0. The number of carbonyl (C=O) groups excluding carboxylic acids is 1. The lowest BCUT2D eigenvalue weighted by atomic mass is 9.95. The van der Waals surface area contributed by atoms with Crippen LogP contribution in [0.15, 0.2) is 24.5 Å². The number of nitrogens with one attached hydrogen (secondary N) is 3. The van der Waals surface area contributed by atoms with Gasteiger partial charge in [-0.3, -0.25) is 10.3 Å². The van der Waals surface area contributed by atoms with Gasteiger partial charge in [-0.25, -0.2) is 4.79 Å². The summed E-state index contributed by atoms with van der Waals surface area (Å²) in [6.45, 7) is 8.01. The number of fused-ring (bicyclic) bond motifs is 2. The SMILES string of the molecule is CC(C)(C)OC(O)c1c(NC(=O)NCc2c(-c3ccncc3)sc3c2CCNC3)sc2c1CCCC2. The summed E-state index contributed by atoms with van der Waals surface area (Å²) >= 11 is 3.36. The number of thiophene rings is 2. The number of ether oxygens (including phenoxy) is 1. The highest BCUT2D eigenvalue weighted by Gasteiger charge is 2.29. The number of hydrogen-bond donors (Lipinski definition) is 4. The van der Waals surface area contributed by atoms with E-state index in [1.807, 2.05) is 32.9 Å². The number of aromatic nitrogens is 1. The van der Waals surface area contributed by atoms with Gasteiger partial charge in [0.1, 0.15) is 5.00 Å². The van der Waals surface area contributed by atoms with Gasteiger partial charge in [-0.2, -0.15) is 0 Å². The van der Waals surface area contributed by atoms with E-state index in [0.717, 1.165) is 61.9 Å². The second-order valence-electron chi connectivity index (χ2n) is 10.3. The van der Waals surface area contributed by atoms with Crippen molar-refractivity contribution in [3.63, 3.8) is 0 Å². The van der Waals surface area contributed by atoms with E-state index in [1.54, 1.807) is 35.1 Å². The predicted octanol–water partition coefficient (Wildman–Crippen LogP) is 5.52. The summed E-state index contributed by atoms with van der Waals surface area (Å²) in [5, 5.41) is 21.2. The molecule has 4 N–H and O–H groups in total. The number of rotatable bonds is 6. The van der Waals surface area contributed by atoms with Crippen molar-refractivity contribution in [2.45, 2.75) is 77.9 Å². The summed E-state index contributed by atoms with van der Waals surface area (Å²) < 4.78 is 5.90. The minimum Gasteiger partial charge on any atom is -0.364 e. The third kappa shape index (κ3) is 5.50. The molecule has 1 atom stereocenters. The first-order chi connectivity index (χ1) is 17.3. The molecule has 0 saturated carbocycles. The Hall–Kier alpha value is -2.30. The summed E-state index contributed by atoms with van der Waals surface area (Å²) in [5.74, 6) is 0. The predicted molar refractivity (Wildman–Crippen MR) is 146 cm³/mol. The molecule has 7 nitrogen and oxygen atoms in total. The fraction of sp³-hybridized carbons (Fsp3) is 0.481. The zero-order valence-electron chi connectivity index (χ0n) is 21.1. The van der Waals surface area contributed by atoms with Crippen LogP contribution < -0.4 is 16.0 Å². The number of aliphatic hydroxyl groups excluding tert-OH is 1. The summed E-state index contributed by atoms with van der Waals surface area (Å²) in [6, 6.07) is 3.77. The van der Waals surface area contributed by atoms with Crippen LogP contribution in [0.1, 0.15) is 71.9 Å². The van der Waals surface area contributed by atoms with E-state index in [1.165, 1.54) is 25.8 Å². The van der Waals surface area contributed by atoms with Crippen LogP contribution in [0.25, 0.3) is 10.4 Å². The third-order valence-corrected chi connectivity index (χ3v) is 9.10. The van der Waals surface area contributed by atoms with E-state index in [2.05, 4.69) is 20.9 Å². The van der Waals surface area contributed by atoms with E-state index >= 15 is 0 Å². The molecule has 0 fully saturated rings. The van der Waals surface area contributed by atoms with E-state index in [4.69, 9.17) is 4.74 Å². The van der Waals surface area contributed by atoms with Crippen LogP contribution in [-0.4, -0.2) is 28.3 Å². The van der Waals surface area contributed by atoms with E-state index in [9.17, 15) is 9.90 Å². The lowest BCUT2D eigenvalue weighted by Gasteiger charge is -2.26. The highest BCUT2D eigenvalue weighted by atomic mass is 32.1. The largest absolute Gasteiger partial charge is 0.364 e. The van der Waals surface area contributed by atoms with Crippen LogP contribution in [0.2, 0.25) is 0 Å². The number of amides is 2. The molecule has 0 saturated heterocycles. The Bertz CT molecular complexity index is 1230. The quantitative estimate of drug-likeness (QED) is 0.317. The van der Waals surface area contributed by atoms with Crippen molar-refractivity contribution < 1.29 is 14.6 Å². The lowest BCUT2D eigenvalue weighted by molar-refractivity contribution is -0.169. The van der Waals surface area contributed by atoms with Gasteiger partial charge in [-0.1, -0.05) is 0 Å². The molecule has 9 heteroatoms. The molecule has 2 aliphatic rings. The Morgan fingerprint density at radius 2 is 1.92 bits per heavy atom. The van der Waals surface area contributed by atoms with E-state index in [-0.39, 0.29) is 6.03 Å². The maximum Gasteiger partial charge on any atom is 0.320 e. The fourth-order valence-corrected chi connectivity index (χ4v) is 7.63. The molecule has 0 radical (unpaired) electrons. The number of pyridine rings is 1. The molecular formula is C27H34N4O3S2. The average molecular weight is 527 g/mol. The molecule has 2 amide bonds. The van der Waals surface area contributed by atoms with E-state index < -0.39 is 11.9 Å². The van der Waals surface area contributed by atoms with Crippen molar-refractivity contribution in [2.24, 2.45) is 0 Å². The maximum absolute atomic E-state index is 13.1. The van der Waals surface area contributed by atoms with Crippen LogP contribution in [-0.2, 0) is 37.1 Å². The van der Waals surface area contributed by atoms with Gasteiger partial charge in [0.25, 0.3) is 0 Å². The molecule has 0 bridgehead atoms. The Labute approximate surface area is 220 Å². The molecule has 3 aromatic heterocycles. The minimum absolute atomic E-state index is 0.271. The van der Waals surface area contributed by atoms with Crippen LogP contribution in [0.4, 0.5) is 9.80 Å². The molecule has 3 aromatic rings. The van der Waals surface area contributed by atoms with Crippen LogP contribution in [0.3, 0.4) is 0 Å². The Balaban J connectivity index is 1.36. The molecule has 0 spiro atoms. The number of anilines is 1. The van der Waals surface area contributed by atoms with Gasteiger partial charge in [0.2, 0.25) is 0 Å². The molecule has 36 heavy (non-hydrogen) atoms. The highest BCUT2D eigenvalue weighted by Crippen LogP contribution is 2.43. The van der Waals surface area contributed by atoms with Gasteiger partial charge >= 0.3 is 6.03 Å². The van der Waals surface area contributed by atoms with Crippen molar-refractivity contribution in [3.8, 4) is 10.4 Å². The third-order valence-electron chi connectivity index (χ3n) is 6.56. The molecule has 1 aliphatic carbocycles. The monoisotopic (exact) mass is 526 g/mol. The zero-order valence-corrected chi connectivity index (χ0v) is 22.7. The molecule has 1 aliphatic heterocycles. The lowest BCUT2D eigenvalue weighted by Crippen LogP contribution is -2.30. The smallest absolute Gasteiger partial charge is 0.320 e. The number of hydrogen-bond acceptors (Lipinski definition) is 7. The number of carbonyl (C=O) groups is 1. The normalized spacial score (nSPS) is 16.2.